The number of aromatic nitrogens is 1. The number of halogens is 1. The maximum Gasteiger partial charge on any atom is 0.301 e. The highest BCUT2D eigenvalue weighted by atomic mass is 32.1. The molecule has 1 fully saturated rings. The zero-order valence-corrected chi connectivity index (χ0v) is 22.7. The van der Waals surface area contributed by atoms with E-state index in [1.807, 2.05) is 6.92 Å². The molecule has 1 unspecified atom stereocenters. The molecule has 1 N–H and O–H groups in total. The summed E-state index contributed by atoms with van der Waals surface area (Å²) in [5, 5.41) is 11.7. The Labute approximate surface area is 229 Å². The van der Waals surface area contributed by atoms with Crippen molar-refractivity contribution in [2.75, 3.05) is 18.6 Å². The molecule has 1 aliphatic rings. The number of fused-ring (bicyclic) bond motifs is 1. The van der Waals surface area contributed by atoms with E-state index >= 15 is 0 Å². The van der Waals surface area contributed by atoms with Gasteiger partial charge in [-0.2, -0.15) is 0 Å². The second-order valence-electron chi connectivity index (χ2n) is 9.74. The van der Waals surface area contributed by atoms with E-state index in [4.69, 9.17) is 9.47 Å². The predicted octanol–water partition coefficient (Wildman–Crippen LogP) is 6.41. The van der Waals surface area contributed by atoms with Crippen molar-refractivity contribution < 1.29 is 28.6 Å². The Balaban J connectivity index is 1.64. The summed E-state index contributed by atoms with van der Waals surface area (Å²) in [7, 11) is 1.54. The highest BCUT2D eigenvalue weighted by molar-refractivity contribution is 7.22. The lowest BCUT2D eigenvalue weighted by molar-refractivity contribution is -0.132. The van der Waals surface area contributed by atoms with E-state index in [1.165, 1.54) is 30.2 Å². The van der Waals surface area contributed by atoms with Crippen LogP contribution in [-0.4, -0.2) is 35.5 Å². The molecule has 9 heteroatoms. The molecule has 1 amide bonds. The third-order valence-corrected chi connectivity index (χ3v) is 7.46. The average molecular weight is 547 g/mol. The third-order valence-electron chi connectivity index (χ3n) is 6.44. The number of carbonyl (C=O) groups is 2. The van der Waals surface area contributed by atoms with Gasteiger partial charge >= 0.3 is 5.91 Å². The molecule has 4 aromatic rings. The van der Waals surface area contributed by atoms with Crippen LogP contribution in [0.25, 0.3) is 16.0 Å². The Morgan fingerprint density at radius 2 is 1.85 bits per heavy atom. The number of thiazole rings is 1. The Kier molecular flexibility index (Phi) is 7.10. The Morgan fingerprint density at radius 3 is 2.51 bits per heavy atom. The summed E-state index contributed by atoms with van der Waals surface area (Å²) in [6.07, 6.45) is 0. The lowest BCUT2D eigenvalue weighted by Gasteiger charge is -2.23. The number of anilines is 1. The highest BCUT2D eigenvalue weighted by Gasteiger charge is 2.48. The van der Waals surface area contributed by atoms with Crippen LogP contribution >= 0.6 is 11.3 Å². The van der Waals surface area contributed by atoms with Crippen LogP contribution in [0.5, 0.6) is 11.5 Å². The van der Waals surface area contributed by atoms with Gasteiger partial charge in [-0.15, -0.1) is 0 Å². The number of methoxy groups -OCH3 is 1. The molecular weight excluding hydrogens is 519 g/mol. The Hall–Kier alpha value is -4.24. The summed E-state index contributed by atoms with van der Waals surface area (Å²) in [6, 6.07) is 15.2. The topological polar surface area (TPSA) is 89.0 Å². The summed E-state index contributed by atoms with van der Waals surface area (Å²) >= 11 is 1.10. The van der Waals surface area contributed by atoms with E-state index in [0.717, 1.165) is 16.9 Å². The fourth-order valence-corrected chi connectivity index (χ4v) is 5.51. The van der Waals surface area contributed by atoms with E-state index in [1.54, 1.807) is 42.5 Å². The maximum absolute atomic E-state index is 13.9. The normalized spacial score (nSPS) is 16.9. The van der Waals surface area contributed by atoms with Crippen LogP contribution in [0.2, 0.25) is 0 Å². The molecule has 0 bridgehead atoms. The van der Waals surface area contributed by atoms with Crippen LogP contribution in [0.4, 0.5) is 9.52 Å². The van der Waals surface area contributed by atoms with Crippen molar-refractivity contribution in [3.8, 4) is 11.5 Å². The van der Waals surface area contributed by atoms with Crippen LogP contribution in [0, 0.1) is 18.7 Å². The minimum Gasteiger partial charge on any atom is -0.507 e. The molecule has 0 spiro atoms. The van der Waals surface area contributed by atoms with Gasteiger partial charge in [0.15, 0.2) is 5.13 Å². The second-order valence-corrected chi connectivity index (χ2v) is 10.7. The van der Waals surface area contributed by atoms with Crippen LogP contribution in [0.15, 0.2) is 66.2 Å². The highest BCUT2D eigenvalue weighted by Crippen LogP contribution is 2.44. The zero-order valence-electron chi connectivity index (χ0n) is 21.9. The summed E-state index contributed by atoms with van der Waals surface area (Å²) in [5.41, 5.74) is 2.18. The summed E-state index contributed by atoms with van der Waals surface area (Å²) < 4.78 is 25.5. The van der Waals surface area contributed by atoms with Crippen molar-refractivity contribution in [3.63, 3.8) is 0 Å². The molecule has 2 heterocycles. The smallest absolute Gasteiger partial charge is 0.301 e. The SMILES string of the molecule is COc1ccc(C2/C(=C(\O)c3ccc(OCC(C)C)c(C)c3)C(=O)C(=O)N2c2nc3ccc(F)cc3s2)cc1. The van der Waals surface area contributed by atoms with Crippen molar-refractivity contribution in [2.24, 2.45) is 5.92 Å². The van der Waals surface area contributed by atoms with Gasteiger partial charge < -0.3 is 14.6 Å². The lowest BCUT2D eigenvalue weighted by Crippen LogP contribution is -2.29. The largest absolute Gasteiger partial charge is 0.507 e. The van der Waals surface area contributed by atoms with Crippen molar-refractivity contribution in [3.05, 3.63) is 88.7 Å². The first-order valence-electron chi connectivity index (χ1n) is 12.4. The van der Waals surface area contributed by atoms with Crippen LogP contribution < -0.4 is 14.4 Å². The van der Waals surface area contributed by atoms with Gasteiger partial charge in [-0.25, -0.2) is 9.37 Å². The molecule has 5 rings (SSSR count). The number of ketones is 1. The average Bonchev–Trinajstić information content (AvgIpc) is 3.45. The van der Waals surface area contributed by atoms with E-state index in [9.17, 15) is 19.1 Å². The van der Waals surface area contributed by atoms with Gasteiger partial charge in [0.05, 0.1) is 35.5 Å². The number of rotatable bonds is 7. The Bertz CT molecular complexity index is 1610. The predicted molar refractivity (Wildman–Crippen MR) is 149 cm³/mol. The molecule has 0 aliphatic carbocycles. The second kappa shape index (κ2) is 10.5. The lowest BCUT2D eigenvalue weighted by atomic mass is 9.95. The number of nitrogens with zero attached hydrogens (tertiary/aromatic N) is 2. The number of hydrogen-bond acceptors (Lipinski definition) is 7. The van der Waals surface area contributed by atoms with E-state index in [0.29, 0.717) is 45.4 Å². The minimum atomic E-state index is -0.960. The van der Waals surface area contributed by atoms with Gasteiger partial charge in [-0.1, -0.05) is 37.3 Å². The van der Waals surface area contributed by atoms with E-state index in [-0.39, 0.29) is 16.5 Å². The number of aryl methyl sites for hydroxylation is 1. The number of Topliss-reactive ketones (excluding diaryl/α,β-unsaturated/α-hetero) is 1. The minimum absolute atomic E-state index is 0.0640. The summed E-state index contributed by atoms with van der Waals surface area (Å²) in [4.78, 5) is 32.7. The number of aliphatic hydroxyl groups excluding tert-OH is 1. The molecule has 1 aliphatic heterocycles. The maximum atomic E-state index is 13.9. The fourth-order valence-electron chi connectivity index (χ4n) is 4.49. The first kappa shape index (κ1) is 26.4. The monoisotopic (exact) mass is 546 g/mol. The summed E-state index contributed by atoms with van der Waals surface area (Å²) in [6.45, 7) is 6.50. The van der Waals surface area contributed by atoms with E-state index < -0.39 is 23.5 Å². The number of aliphatic hydroxyl groups is 1. The van der Waals surface area contributed by atoms with Crippen molar-refractivity contribution in [1.82, 2.24) is 4.98 Å². The van der Waals surface area contributed by atoms with Gasteiger partial charge in [-0.05, 0) is 72.5 Å². The van der Waals surface area contributed by atoms with Gasteiger partial charge in [0.2, 0.25) is 0 Å². The molecule has 1 aromatic heterocycles. The quantitative estimate of drug-likeness (QED) is 0.164. The molecule has 3 aromatic carbocycles. The standard InChI is InChI=1S/C30H27FN2O5S/c1-16(2)15-38-23-12-7-19(13-17(23)3)27(34)25-26(18-5-9-21(37-4)10-6-18)33(29(36)28(25)35)30-32-22-11-8-20(31)14-24(22)39-30/h5-14,16,26,34H,15H2,1-4H3/b27-25+. The molecule has 1 saturated heterocycles. The fraction of sp³-hybridized carbons (Fsp3) is 0.233. The van der Waals surface area contributed by atoms with Crippen molar-refractivity contribution in [1.29, 1.82) is 0 Å². The molecule has 0 saturated carbocycles. The third kappa shape index (κ3) is 4.97. The van der Waals surface area contributed by atoms with Crippen LogP contribution in [-0.2, 0) is 9.59 Å². The van der Waals surface area contributed by atoms with Gasteiger partial charge in [0.1, 0.15) is 23.1 Å². The van der Waals surface area contributed by atoms with Crippen LogP contribution in [0.3, 0.4) is 0 Å². The molecule has 39 heavy (non-hydrogen) atoms. The van der Waals surface area contributed by atoms with Crippen molar-refractivity contribution >= 4 is 44.1 Å². The zero-order chi connectivity index (χ0) is 27.8. The number of hydrogen-bond donors (Lipinski definition) is 1. The number of carbonyl (C=O) groups excluding carboxylic acids is 2. The first-order chi connectivity index (χ1) is 18.7. The molecule has 7 nitrogen and oxygen atoms in total. The number of ether oxygens (including phenoxy) is 2. The molecule has 1 atom stereocenters. The van der Waals surface area contributed by atoms with Gasteiger partial charge in [0.25, 0.3) is 5.78 Å². The van der Waals surface area contributed by atoms with Gasteiger partial charge in [-0.3, -0.25) is 14.5 Å². The number of benzene rings is 3. The van der Waals surface area contributed by atoms with Crippen LogP contribution in [0.1, 0.15) is 36.6 Å². The van der Waals surface area contributed by atoms with Crippen molar-refractivity contribution in [2.45, 2.75) is 26.8 Å². The summed E-state index contributed by atoms with van der Waals surface area (Å²) in [5.74, 6) is -0.781. The molecule has 200 valence electrons. The Morgan fingerprint density at radius 1 is 1.10 bits per heavy atom. The molecule has 0 radical (unpaired) electrons. The van der Waals surface area contributed by atoms with E-state index in [2.05, 4.69) is 18.8 Å². The first-order valence-corrected chi connectivity index (χ1v) is 13.2. The molecular formula is C30H27FN2O5S. The number of amides is 1. The van der Waals surface area contributed by atoms with Gasteiger partial charge in [0, 0.05) is 5.56 Å².